The molecule has 168 valence electrons. The van der Waals surface area contributed by atoms with Crippen LogP contribution < -0.4 is 20.3 Å². The van der Waals surface area contributed by atoms with Gasteiger partial charge in [-0.2, -0.15) is 0 Å². The van der Waals surface area contributed by atoms with Gasteiger partial charge in [0.05, 0.1) is 11.9 Å². The second kappa shape index (κ2) is 8.71. The molecule has 0 saturated carbocycles. The van der Waals surface area contributed by atoms with Gasteiger partial charge in [0.15, 0.2) is 11.5 Å². The van der Waals surface area contributed by atoms with E-state index in [4.69, 9.17) is 9.47 Å². The number of amides is 1. The number of aryl methyl sites for hydroxylation is 2. The zero-order valence-corrected chi connectivity index (χ0v) is 19.1. The molecule has 0 spiro atoms. The van der Waals surface area contributed by atoms with Gasteiger partial charge in [-0.15, -0.1) is 11.3 Å². The lowest BCUT2D eigenvalue weighted by atomic mass is 10.1. The summed E-state index contributed by atoms with van der Waals surface area (Å²) in [4.78, 5) is 34.7. The van der Waals surface area contributed by atoms with E-state index >= 15 is 0 Å². The first-order chi connectivity index (χ1) is 16.0. The Morgan fingerprint density at radius 3 is 2.70 bits per heavy atom. The molecule has 5 rings (SSSR count). The Morgan fingerprint density at radius 2 is 1.94 bits per heavy atom. The smallest absolute Gasteiger partial charge is 0.260 e. The molecule has 1 unspecified atom stereocenters. The lowest BCUT2D eigenvalue weighted by Gasteiger charge is -2.26. The van der Waals surface area contributed by atoms with Crippen LogP contribution in [0.2, 0.25) is 0 Å². The number of fused-ring (bicyclic) bond motifs is 2. The van der Waals surface area contributed by atoms with E-state index in [0.29, 0.717) is 41.4 Å². The molecule has 1 aliphatic rings. The van der Waals surface area contributed by atoms with E-state index in [1.54, 1.807) is 24.3 Å². The number of para-hydroxylation sites is 2. The molecule has 0 bridgehead atoms. The summed E-state index contributed by atoms with van der Waals surface area (Å²) in [5.41, 5.74) is 2.18. The van der Waals surface area contributed by atoms with E-state index in [-0.39, 0.29) is 17.6 Å². The Hall–Kier alpha value is -3.65. The average molecular weight is 462 g/mol. The van der Waals surface area contributed by atoms with E-state index in [1.807, 2.05) is 38.1 Å². The maximum absolute atomic E-state index is 12.7. The summed E-state index contributed by atoms with van der Waals surface area (Å²) in [5, 5.41) is 3.57. The molecule has 7 nitrogen and oxygen atoms in total. The summed E-state index contributed by atoms with van der Waals surface area (Å²) in [5.74, 6) is 1.68. The van der Waals surface area contributed by atoms with Crippen molar-refractivity contribution in [2.24, 2.45) is 0 Å². The zero-order chi connectivity index (χ0) is 22.9. The predicted octanol–water partition coefficient (Wildman–Crippen LogP) is 4.09. The molecule has 8 heteroatoms. The second-order valence-corrected chi connectivity index (χ2v) is 9.07. The highest BCUT2D eigenvalue weighted by atomic mass is 32.1. The SMILES string of the molecule is CCc1c(C)sc2nc(-c3ccc(C(=O)NCC4COc5ccccc5O4)cc3)[nH]c(=O)c12. The van der Waals surface area contributed by atoms with Crippen molar-refractivity contribution in [3.8, 4) is 22.9 Å². The Bertz CT molecular complexity index is 1390. The molecule has 1 aliphatic heterocycles. The molecule has 33 heavy (non-hydrogen) atoms. The number of aromatic nitrogens is 2. The van der Waals surface area contributed by atoms with Crippen LogP contribution in [0.3, 0.4) is 0 Å². The van der Waals surface area contributed by atoms with Gasteiger partial charge in [0.1, 0.15) is 23.4 Å². The van der Waals surface area contributed by atoms with Gasteiger partial charge in [0.25, 0.3) is 11.5 Å². The van der Waals surface area contributed by atoms with Crippen molar-refractivity contribution in [2.75, 3.05) is 13.2 Å². The molecule has 3 heterocycles. The van der Waals surface area contributed by atoms with Crippen LogP contribution in [-0.4, -0.2) is 35.1 Å². The fraction of sp³-hybridized carbons (Fsp3) is 0.240. The van der Waals surface area contributed by atoms with Crippen LogP contribution in [0.15, 0.2) is 53.3 Å². The topological polar surface area (TPSA) is 93.3 Å². The van der Waals surface area contributed by atoms with Crippen LogP contribution in [-0.2, 0) is 6.42 Å². The van der Waals surface area contributed by atoms with Gasteiger partial charge < -0.3 is 19.8 Å². The number of ether oxygens (including phenoxy) is 2. The maximum Gasteiger partial charge on any atom is 0.260 e. The Balaban J connectivity index is 1.28. The van der Waals surface area contributed by atoms with Crippen LogP contribution in [0.1, 0.15) is 27.7 Å². The Labute approximate surface area is 194 Å². The van der Waals surface area contributed by atoms with E-state index in [2.05, 4.69) is 15.3 Å². The summed E-state index contributed by atoms with van der Waals surface area (Å²) in [6.07, 6.45) is 0.538. The zero-order valence-electron chi connectivity index (χ0n) is 18.3. The highest BCUT2D eigenvalue weighted by Gasteiger charge is 2.21. The number of hydrogen-bond acceptors (Lipinski definition) is 6. The molecule has 0 radical (unpaired) electrons. The molecule has 0 aliphatic carbocycles. The largest absolute Gasteiger partial charge is 0.486 e. The van der Waals surface area contributed by atoms with Gasteiger partial charge >= 0.3 is 0 Å². The molecule has 1 atom stereocenters. The molecule has 0 saturated heterocycles. The number of rotatable bonds is 5. The molecule has 0 fully saturated rings. The number of benzene rings is 2. The number of carbonyl (C=O) groups excluding carboxylic acids is 1. The molecule has 2 aromatic heterocycles. The van der Waals surface area contributed by atoms with Crippen molar-refractivity contribution in [3.05, 3.63) is 74.9 Å². The minimum Gasteiger partial charge on any atom is -0.486 e. The first-order valence-electron chi connectivity index (χ1n) is 10.8. The quantitative estimate of drug-likeness (QED) is 0.467. The summed E-state index contributed by atoms with van der Waals surface area (Å²) < 4.78 is 11.6. The summed E-state index contributed by atoms with van der Waals surface area (Å²) in [6, 6.07) is 14.5. The van der Waals surface area contributed by atoms with Gasteiger partial charge in [-0.3, -0.25) is 9.59 Å². The average Bonchev–Trinajstić information content (AvgIpc) is 3.17. The number of nitrogens with one attached hydrogen (secondary N) is 2. The van der Waals surface area contributed by atoms with E-state index < -0.39 is 0 Å². The number of carbonyl (C=O) groups is 1. The minimum absolute atomic E-state index is 0.130. The summed E-state index contributed by atoms with van der Waals surface area (Å²) in [7, 11) is 0. The summed E-state index contributed by atoms with van der Waals surface area (Å²) >= 11 is 1.53. The molecule has 2 aromatic carbocycles. The first kappa shape index (κ1) is 21.2. The lowest BCUT2D eigenvalue weighted by molar-refractivity contribution is 0.0789. The Kier molecular flexibility index (Phi) is 5.60. The fourth-order valence-electron chi connectivity index (χ4n) is 3.99. The molecule has 4 aromatic rings. The van der Waals surface area contributed by atoms with Crippen LogP contribution in [0.4, 0.5) is 0 Å². The predicted molar refractivity (Wildman–Crippen MR) is 128 cm³/mol. The summed E-state index contributed by atoms with van der Waals surface area (Å²) in [6.45, 7) is 4.76. The van der Waals surface area contributed by atoms with Crippen molar-refractivity contribution in [3.63, 3.8) is 0 Å². The van der Waals surface area contributed by atoms with Gasteiger partial charge in [-0.1, -0.05) is 31.2 Å². The van der Waals surface area contributed by atoms with Gasteiger partial charge in [-0.05, 0) is 43.2 Å². The number of thiophene rings is 1. The molecule has 2 N–H and O–H groups in total. The normalized spacial score (nSPS) is 14.9. The number of hydrogen-bond donors (Lipinski definition) is 2. The van der Waals surface area contributed by atoms with E-state index in [9.17, 15) is 9.59 Å². The van der Waals surface area contributed by atoms with Crippen molar-refractivity contribution < 1.29 is 14.3 Å². The van der Waals surface area contributed by atoms with Crippen LogP contribution in [0.5, 0.6) is 11.5 Å². The highest BCUT2D eigenvalue weighted by Crippen LogP contribution is 2.31. The molecular weight excluding hydrogens is 438 g/mol. The minimum atomic E-state index is -0.258. The van der Waals surface area contributed by atoms with Crippen molar-refractivity contribution in [1.29, 1.82) is 0 Å². The third-order valence-corrected chi connectivity index (χ3v) is 6.74. The van der Waals surface area contributed by atoms with Crippen LogP contribution in [0, 0.1) is 6.92 Å². The van der Waals surface area contributed by atoms with E-state index in [0.717, 1.165) is 27.3 Å². The van der Waals surface area contributed by atoms with Crippen LogP contribution >= 0.6 is 11.3 Å². The van der Waals surface area contributed by atoms with E-state index in [1.165, 1.54) is 11.3 Å². The monoisotopic (exact) mass is 461 g/mol. The number of aromatic amines is 1. The Morgan fingerprint density at radius 1 is 1.18 bits per heavy atom. The molecule has 1 amide bonds. The van der Waals surface area contributed by atoms with Gasteiger partial charge in [0.2, 0.25) is 0 Å². The van der Waals surface area contributed by atoms with Crippen molar-refractivity contribution in [2.45, 2.75) is 26.4 Å². The van der Waals surface area contributed by atoms with Crippen molar-refractivity contribution in [1.82, 2.24) is 15.3 Å². The lowest BCUT2D eigenvalue weighted by Crippen LogP contribution is -2.40. The van der Waals surface area contributed by atoms with Crippen LogP contribution in [0.25, 0.3) is 21.6 Å². The molecular formula is C25H23N3O4S. The highest BCUT2D eigenvalue weighted by molar-refractivity contribution is 7.18. The number of H-pyrrole nitrogens is 1. The van der Waals surface area contributed by atoms with Gasteiger partial charge in [0, 0.05) is 16.0 Å². The van der Waals surface area contributed by atoms with Gasteiger partial charge in [-0.25, -0.2) is 4.98 Å². The number of nitrogens with zero attached hydrogens (tertiary/aromatic N) is 1. The maximum atomic E-state index is 12.7. The second-order valence-electron chi connectivity index (χ2n) is 7.87. The first-order valence-corrected chi connectivity index (χ1v) is 11.6. The fourth-order valence-corrected chi connectivity index (χ4v) is 5.10. The van der Waals surface area contributed by atoms with Crippen molar-refractivity contribution >= 4 is 27.5 Å². The standard InChI is InChI=1S/C25H23N3O4S/c1-3-18-14(2)33-25-21(18)24(30)27-22(28-25)15-8-10-16(11-9-15)23(29)26-12-17-13-31-19-6-4-5-7-20(19)32-17/h4-11,17H,3,12-13H2,1-2H3,(H,26,29)(H,27,28,30). The third-order valence-electron chi connectivity index (χ3n) is 5.69. The third kappa shape index (κ3) is 4.09.